The van der Waals surface area contributed by atoms with Crippen LogP contribution in [-0.4, -0.2) is 12.1 Å². The lowest BCUT2D eigenvalue weighted by Crippen LogP contribution is -2.29. The van der Waals surface area contributed by atoms with E-state index in [1.54, 1.807) is 12.1 Å². The van der Waals surface area contributed by atoms with Crippen LogP contribution in [0.3, 0.4) is 0 Å². The molecule has 0 aromatic rings. The normalized spacial score (nSPS) is 38.2. The molecule has 0 saturated carbocycles. The Labute approximate surface area is 54.7 Å². The molecule has 48 valence electrons. The van der Waals surface area contributed by atoms with Gasteiger partial charge in [0.05, 0.1) is 0 Å². The third-order valence-electron chi connectivity index (χ3n) is 1.50. The molecule has 1 unspecified atom stereocenters. The second kappa shape index (κ2) is 2.71. The minimum atomic E-state index is 0.630. The minimum absolute atomic E-state index is 0.630. The molecule has 3 heteroatoms. The Morgan fingerprint density at radius 2 is 2.25 bits per heavy atom. The van der Waals surface area contributed by atoms with Crippen LogP contribution in [0.1, 0.15) is 20.3 Å². The zero-order valence-corrected chi connectivity index (χ0v) is 6.09. The summed E-state index contributed by atoms with van der Waals surface area (Å²) in [4.78, 5) is 0. The van der Waals surface area contributed by atoms with Gasteiger partial charge in [-0.25, -0.2) is 9.44 Å². The van der Waals surface area contributed by atoms with E-state index < -0.39 is 0 Å². The van der Waals surface area contributed by atoms with Gasteiger partial charge in [-0.3, -0.25) is 0 Å². The summed E-state index contributed by atoms with van der Waals surface area (Å²) in [6, 6.07) is 1.30. The van der Waals surface area contributed by atoms with Gasteiger partial charge in [0.1, 0.15) is 0 Å². The Hall–Kier alpha value is 0.270. The van der Waals surface area contributed by atoms with Gasteiger partial charge in [0, 0.05) is 24.2 Å². The molecule has 8 heavy (non-hydrogen) atoms. The lowest BCUT2D eigenvalue weighted by molar-refractivity contribution is 0.528. The summed E-state index contributed by atoms with van der Waals surface area (Å²) in [5.41, 5.74) is 0. The van der Waals surface area contributed by atoms with Crippen molar-refractivity contribution in [3.05, 3.63) is 0 Å². The molecule has 0 aromatic carbocycles. The zero-order chi connectivity index (χ0) is 5.98. The molecule has 1 fully saturated rings. The molecular formula is C5H12N2S. The Balaban J connectivity index is 2.30. The fraction of sp³-hybridized carbons (Fsp3) is 1.00. The second-order valence-corrected chi connectivity index (χ2v) is 2.82. The minimum Gasteiger partial charge on any atom is -0.246 e. The summed E-state index contributed by atoms with van der Waals surface area (Å²) in [6.07, 6.45) is 1.21. The fourth-order valence-corrected chi connectivity index (χ4v) is 1.76. The smallest absolute Gasteiger partial charge is 0.0341 e. The lowest BCUT2D eigenvalue weighted by atomic mass is 10.1. The first-order chi connectivity index (χ1) is 3.84. The fourth-order valence-electron chi connectivity index (χ4n) is 0.824. The van der Waals surface area contributed by atoms with Crippen molar-refractivity contribution >= 4 is 12.1 Å². The van der Waals surface area contributed by atoms with Crippen molar-refractivity contribution < 1.29 is 0 Å². The molecule has 1 saturated heterocycles. The number of rotatable bonds is 1. The topological polar surface area (TPSA) is 24.1 Å². The van der Waals surface area contributed by atoms with Crippen molar-refractivity contribution in [1.82, 2.24) is 9.44 Å². The Morgan fingerprint density at radius 3 is 2.50 bits per heavy atom. The highest BCUT2D eigenvalue weighted by atomic mass is 32.2. The van der Waals surface area contributed by atoms with Crippen LogP contribution in [0.15, 0.2) is 0 Å². The van der Waals surface area contributed by atoms with Gasteiger partial charge in [-0.2, -0.15) is 0 Å². The van der Waals surface area contributed by atoms with Crippen molar-refractivity contribution in [2.45, 2.75) is 32.4 Å². The van der Waals surface area contributed by atoms with Crippen LogP contribution in [0.5, 0.6) is 0 Å². The quantitative estimate of drug-likeness (QED) is 0.519. The van der Waals surface area contributed by atoms with Gasteiger partial charge in [0.15, 0.2) is 0 Å². The average Bonchev–Trinajstić information content (AvgIpc) is 2.14. The monoisotopic (exact) mass is 132 g/mol. The van der Waals surface area contributed by atoms with Crippen LogP contribution in [0.4, 0.5) is 0 Å². The molecular weight excluding hydrogens is 120 g/mol. The van der Waals surface area contributed by atoms with Crippen LogP contribution in [0.25, 0.3) is 0 Å². The summed E-state index contributed by atoms with van der Waals surface area (Å²) >= 11 is 1.61. The Kier molecular flexibility index (Phi) is 2.16. The van der Waals surface area contributed by atoms with Crippen LogP contribution < -0.4 is 9.44 Å². The van der Waals surface area contributed by atoms with E-state index >= 15 is 0 Å². The molecule has 0 spiro atoms. The van der Waals surface area contributed by atoms with Crippen molar-refractivity contribution in [2.24, 2.45) is 0 Å². The van der Waals surface area contributed by atoms with E-state index in [9.17, 15) is 0 Å². The van der Waals surface area contributed by atoms with Gasteiger partial charge in [-0.15, -0.1) is 0 Å². The largest absolute Gasteiger partial charge is 0.246 e. The molecule has 0 bridgehead atoms. The predicted octanol–water partition coefficient (Wildman–Crippen LogP) is 0.909. The van der Waals surface area contributed by atoms with Gasteiger partial charge in [-0.05, 0) is 13.3 Å². The number of nitrogens with one attached hydrogen (secondary N) is 2. The molecule has 2 N–H and O–H groups in total. The number of hydrogen-bond acceptors (Lipinski definition) is 3. The van der Waals surface area contributed by atoms with Gasteiger partial charge < -0.3 is 0 Å². The van der Waals surface area contributed by atoms with Gasteiger partial charge in [-0.1, -0.05) is 6.92 Å². The molecule has 0 radical (unpaired) electrons. The first-order valence-electron chi connectivity index (χ1n) is 3.01. The highest BCUT2D eigenvalue weighted by molar-refractivity contribution is 7.95. The molecule has 0 amide bonds. The molecule has 1 heterocycles. The van der Waals surface area contributed by atoms with Gasteiger partial charge in [0.2, 0.25) is 0 Å². The van der Waals surface area contributed by atoms with E-state index in [2.05, 4.69) is 23.3 Å². The molecule has 1 aliphatic heterocycles. The summed E-state index contributed by atoms with van der Waals surface area (Å²) < 4.78 is 6.49. The van der Waals surface area contributed by atoms with Crippen molar-refractivity contribution in [3.63, 3.8) is 0 Å². The highest BCUT2D eigenvalue weighted by Crippen LogP contribution is 2.10. The van der Waals surface area contributed by atoms with Crippen LogP contribution in [-0.2, 0) is 0 Å². The van der Waals surface area contributed by atoms with Crippen molar-refractivity contribution in [2.75, 3.05) is 0 Å². The maximum atomic E-state index is 3.26. The van der Waals surface area contributed by atoms with Crippen LogP contribution >= 0.6 is 12.1 Å². The number of hydrogen-bond donors (Lipinski definition) is 2. The molecule has 2 nitrogen and oxygen atoms in total. The first kappa shape index (κ1) is 6.39. The average molecular weight is 132 g/mol. The maximum absolute atomic E-state index is 3.26. The second-order valence-electron chi connectivity index (χ2n) is 2.14. The maximum Gasteiger partial charge on any atom is 0.0341 e. The van der Waals surface area contributed by atoms with Gasteiger partial charge >= 0.3 is 0 Å². The summed E-state index contributed by atoms with van der Waals surface area (Å²) in [6.45, 7) is 4.39. The predicted molar refractivity (Wildman–Crippen MR) is 37.4 cm³/mol. The summed E-state index contributed by atoms with van der Waals surface area (Å²) in [7, 11) is 0. The van der Waals surface area contributed by atoms with E-state index in [-0.39, 0.29) is 0 Å². The lowest BCUT2D eigenvalue weighted by Gasteiger charge is -2.08. The van der Waals surface area contributed by atoms with E-state index in [1.807, 2.05) is 0 Å². The molecule has 0 aromatic heterocycles. The van der Waals surface area contributed by atoms with E-state index in [0.717, 1.165) is 0 Å². The van der Waals surface area contributed by atoms with Crippen LogP contribution in [0.2, 0.25) is 0 Å². The Morgan fingerprint density at radius 1 is 1.50 bits per heavy atom. The molecule has 1 aliphatic rings. The third kappa shape index (κ3) is 1.16. The van der Waals surface area contributed by atoms with Gasteiger partial charge in [0.25, 0.3) is 0 Å². The summed E-state index contributed by atoms with van der Waals surface area (Å²) in [5.74, 6) is 0. The van der Waals surface area contributed by atoms with Crippen molar-refractivity contribution in [3.8, 4) is 0 Å². The highest BCUT2D eigenvalue weighted by Gasteiger charge is 2.20. The third-order valence-corrected chi connectivity index (χ3v) is 2.41. The van der Waals surface area contributed by atoms with Crippen molar-refractivity contribution in [1.29, 1.82) is 0 Å². The zero-order valence-electron chi connectivity index (χ0n) is 5.27. The molecule has 1 rings (SSSR count). The Bertz CT molecular complexity index is 76.8. The SMILES string of the molecule is CCC1NSN[C@@H]1C. The van der Waals surface area contributed by atoms with E-state index in [0.29, 0.717) is 12.1 Å². The first-order valence-corrected chi connectivity index (χ1v) is 3.83. The van der Waals surface area contributed by atoms with E-state index in [1.165, 1.54) is 6.42 Å². The molecule has 2 atom stereocenters. The standard InChI is InChI=1S/C5H12N2S/c1-3-5-4(2)6-8-7-5/h4-7H,3H2,1-2H3/t4-,5?/m1/s1. The summed E-state index contributed by atoms with van der Waals surface area (Å²) in [5, 5.41) is 0. The molecule has 0 aliphatic carbocycles. The van der Waals surface area contributed by atoms with E-state index in [4.69, 9.17) is 0 Å². The van der Waals surface area contributed by atoms with Crippen LogP contribution in [0, 0.1) is 0 Å².